The largest absolute Gasteiger partial charge is 0.495 e. The molecule has 0 radical (unpaired) electrons. The number of methoxy groups -OCH3 is 2. The molecule has 0 unspecified atom stereocenters. The number of hydrogen-bond acceptors (Lipinski definition) is 7. The molecule has 1 amide bonds. The number of allylic oxidation sites excluding steroid dienone is 1. The highest BCUT2D eigenvalue weighted by atomic mass is 79.9. The van der Waals surface area contributed by atoms with Crippen molar-refractivity contribution in [1.29, 1.82) is 0 Å². The van der Waals surface area contributed by atoms with E-state index in [-0.39, 0.29) is 5.91 Å². The van der Waals surface area contributed by atoms with Crippen molar-refractivity contribution in [3.05, 3.63) is 67.2 Å². The zero-order chi connectivity index (χ0) is 23.2. The number of carbonyl (C=O) groups excluding carboxylic acids is 1. The van der Waals surface area contributed by atoms with E-state index in [0.29, 0.717) is 44.9 Å². The van der Waals surface area contributed by atoms with E-state index >= 15 is 0 Å². The number of hydrogen-bond donors (Lipinski definition) is 2. The molecule has 0 aliphatic heterocycles. The summed E-state index contributed by atoms with van der Waals surface area (Å²) in [6.07, 6.45) is 6.24. The van der Waals surface area contributed by atoms with Gasteiger partial charge in [-0.1, -0.05) is 22.0 Å². The summed E-state index contributed by atoms with van der Waals surface area (Å²) in [6, 6.07) is 12.9. The number of furan rings is 1. The summed E-state index contributed by atoms with van der Waals surface area (Å²) in [6.45, 7) is 0. The van der Waals surface area contributed by atoms with Crippen molar-refractivity contribution < 1.29 is 18.7 Å². The third-order valence-electron chi connectivity index (χ3n) is 4.83. The van der Waals surface area contributed by atoms with Gasteiger partial charge in [-0.05, 0) is 36.4 Å². The maximum Gasteiger partial charge on any atom is 0.248 e. The normalized spacial score (nSPS) is 11.0. The molecular weight excluding hydrogens is 488 g/mol. The quantitative estimate of drug-likeness (QED) is 0.238. The van der Waals surface area contributed by atoms with Crippen molar-refractivity contribution >= 4 is 49.9 Å². The Morgan fingerprint density at radius 3 is 2.67 bits per heavy atom. The number of ether oxygens (including phenoxy) is 2. The fourth-order valence-corrected chi connectivity index (χ4v) is 3.49. The minimum atomic E-state index is -0.272. The third-order valence-corrected chi connectivity index (χ3v) is 5.20. The Balaban J connectivity index is 1.75. The van der Waals surface area contributed by atoms with Crippen LogP contribution in [-0.4, -0.2) is 35.4 Å². The average Bonchev–Trinajstić information content (AvgIpc) is 3.38. The molecule has 0 saturated heterocycles. The molecule has 0 bridgehead atoms. The number of benzene rings is 2. The van der Waals surface area contributed by atoms with E-state index in [0.717, 1.165) is 11.3 Å². The van der Waals surface area contributed by atoms with Crippen molar-refractivity contribution in [2.45, 2.75) is 0 Å². The molecule has 0 aliphatic rings. The highest BCUT2D eigenvalue weighted by molar-refractivity contribution is 9.09. The van der Waals surface area contributed by atoms with Crippen molar-refractivity contribution in [1.82, 2.24) is 9.97 Å². The summed E-state index contributed by atoms with van der Waals surface area (Å²) in [7, 11) is 3.14. The van der Waals surface area contributed by atoms with Crippen molar-refractivity contribution in [3.63, 3.8) is 0 Å². The fraction of sp³-hybridized carbons (Fsp3) is 0.125. The average molecular weight is 509 g/mol. The Morgan fingerprint density at radius 1 is 1.09 bits per heavy atom. The van der Waals surface area contributed by atoms with Crippen LogP contribution in [0.3, 0.4) is 0 Å². The zero-order valence-electron chi connectivity index (χ0n) is 18.0. The first-order chi connectivity index (χ1) is 16.1. The minimum absolute atomic E-state index is 0.272. The van der Waals surface area contributed by atoms with Crippen molar-refractivity contribution in [2.24, 2.45) is 0 Å². The van der Waals surface area contributed by atoms with Crippen LogP contribution in [0.15, 0.2) is 71.6 Å². The van der Waals surface area contributed by atoms with E-state index in [1.54, 1.807) is 31.6 Å². The number of carbonyl (C=O) groups is 1. The van der Waals surface area contributed by atoms with Gasteiger partial charge in [-0.3, -0.25) is 4.79 Å². The summed E-state index contributed by atoms with van der Waals surface area (Å²) in [4.78, 5) is 21.0. The van der Waals surface area contributed by atoms with E-state index in [1.807, 2.05) is 30.3 Å². The smallest absolute Gasteiger partial charge is 0.248 e. The lowest BCUT2D eigenvalue weighted by atomic mass is 10.1. The summed E-state index contributed by atoms with van der Waals surface area (Å²) >= 11 is 3.26. The van der Waals surface area contributed by atoms with Crippen LogP contribution in [0.25, 0.3) is 22.2 Å². The molecule has 0 atom stereocenters. The molecule has 9 heteroatoms. The van der Waals surface area contributed by atoms with Crippen LogP contribution in [0.2, 0.25) is 0 Å². The molecule has 2 heterocycles. The van der Waals surface area contributed by atoms with Gasteiger partial charge in [0.15, 0.2) is 0 Å². The topological polar surface area (TPSA) is 98.5 Å². The van der Waals surface area contributed by atoms with Crippen molar-refractivity contribution in [2.75, 3.05) is 30.2 Å². The number of halogens is 1. The van der Waals surface area contributed by atoms with Crippen LogP contribution in [0.4, 0.5) is 17.2 Å². The summed E-state index contributed by atoms with van der Waals surface area (Å²) in [5.74, 6) is 2.14. The Kier molecular flexibility index (Phi) is 6.89. The number of aromatic nitrogens is 2. The lowest BCUT2D eigenvalue weighted by molar-refractivity contribution is -0.111. The number of alkyl halides is 1. The van der Waals surface area contributed by atoms with E-state index < -0.39 is 0 Å². The highest BCUT2D eigenvalue weighted by Gasteiger charge is 2.14. The molecule has 4 aromatic rings. The summed E-state index contributed by atoms with van der Waals surface area (Å²) in [5.41, 5.74) is 2.74. The second kappa shape index (κ2) is 10.2. The van der Waals surface area contributed by atoms with Gasteiger partial charge in [0, 0.05) is 28.4 Å². The molecule has 33 heavy (non-hydrogen) atoms. The molecule has 0 fully saturated rings. The SMILES string of the molecule is COc1cc2ncnc(Nc3cc(-c4ccco4)ccc3OC)c2cc1NC(=O)/C=C/CBr. The van der Waals surface area contributed by atoms with Gasteiger partial charge in [-0.2, -0.15) is 0 Å². The molecule has 168 valence electrons. The van der Waals surface area contributed by atoms with Crippen LogP contribution in [-0.2, 0) is 4.79 Å². The Morgan fingerprint density at radius 2 is 1.94 bits per heavy atom. The highest BCUT2D eigenvalue weighted by Crippen LogP contribution is 2.36. The van der Waals surface area contributed by atoms with Gasteiger partial charge in [-0.25, -0.2) is 9.97 Å². The number of amides is 1. The van der Waals surface area contributed by atoms with Crippen molar-refractivity contribution in [3.8, 4) is 22.8 Å². The van der Waals surface area contributed by atoms with Crippen LogP contribution in [0.1, 0.15) is 0 Å². The fourth-order valence-electron chi connectivity index (χ4n) is 3.31. The van der Waals surface area contributed by atoms with Gasteiger partial charge in [0.1, 0.15) is 29.4 Å². The van der Waals surface area contributed by atoms with Crippen LogP contribution in [0, 0.1) is 0 Å². The first kappa shape index (κ1) is 22.3. The maximum absolute atomic E-state index is 12.2. The Labute approximate surface area is 198 Å². The van der Waals surface area contributed by atoms with Gasteiger partial charge in [0.05, 0.1) is 37.4 Å². The lowest BCUT2D eigenvalue weighted by Crippen LogP contribution is -2.09. The standard InChI is InChI=1S/C24H21BrN4O4/c1-31-21-8-7-15(20-5-4-10-33-20)11-18(21)29-24-16-12-19(28-23(30)6-3-9-25)22(32-2)13-17(16)26-14-27-24/h3-8,10-14H,9H2,1-2H3,(H,28,30)(H,26,27,29)/b6-3+. The van der Waals surface area contributed by atoms with E-state index in [1.165, 1.54) is 19.5 Å². The number of fused-ring (bicyclic) bond motifs is 1. The van der Waals surface area contributed by atoms with Gasteiger partial charge < -0.3 is 24.5 Å². The molecule has 2 aromatic carbocycles. The van der Waals surface area contributed by atoms with Crippen LogP contribution < -0.4 is 20.1 Å². The second-order valence-corrected chi connectivity index (χ2v) is 7.50. The van der Waals surface area contributed by atoms with E-state index in [2.05, 4.69) is 36.5 Å². The molecule has 2 N–H and O–H groups in total. The predicted octanol–water partition coefficient (Wildman–Crippen LogP) is 5.54. The van der Waals surface area contributed by atoms with E-state index in [4.69, 9.17) is 13.9 Å². The maximum atomic E-state index is 12.2. The van der Waals surface area contributed by atoms with Gasteiger partial charge >= 0.3 is 0 Å². The molecule has 0 spiro atoms. The number of rotatable bonds is 8. The number of anilines is 3. The Bertz CT molecular complexity index is 1310. The third kappa shape index (κ3) is 4.98. The first-order valence-corrected chi connectivity index (χ1v) is 11.1. The predicted molar refractivity (Wildman–Crippen MR) is 132 cm³/mol. The lowest BCUT2D eigenvalue weighted by Gasteiger charge is -2.15. The second-order valence-electron chi connectivity index (χ2n) is 6.86. The molecule has 4 rings (SSSR count). The molecule has 2 aromatic heterocycles. The van der Waals surface area contributed by atoms with Crippen LogP contribution >= 0.6 is 15.9 Å². The summed E-state index contributed by atoms with van der Waals surface area (Å²) < 4.78 is 16.5. The number of nitrogens with one attached hydrogen (secondary N) is 2. The van der Waals surface area contributed by atoms with Gasteiger partial charge in [0.2, 0.25) is 5.91 Å². The Hall–Kier alpha value is -3.85. The first-order valence-electron chi connectivity index (χ1n) is 9.98. The molecular formula is C24H21BrN4O4. The van der Waals surface area contributed by atoms with Crippen LogP contribution in [0.5, 0.6) is 11.5 Å². The molecule has 0 aliphatic carbocycles. The zero-order valence-corrected chi connectivity index (χ0v) is 19.5. The minimum Gasteiger partial charge on any atom is -0.495 e. The van der Waals surface area contributed by atoms with E-state index in [9.17, 15) is 4.79 Å². The monoisotopic (exact) mass is 508 g/mol. The summed E-state index contributed by atoms with van der Waals surface area (Å²) in [5, 5.41) is 7.44. The molecule has 8 nitrogen and oxygen atoms in total. The van der Waals surface area contributed by atoms with Gasteiger partial charge in [-0.15, -0.1) is 0 Å². The number of nitrogens with zero attached hydrogens (tertiary/aromatic N) is 2. The molecule has 0 saturated carbocycles. The van der Waals surface area contributed by atoms with Gasteiger partial charge in [0.25, 0.3) is 0 Å².